The predicted molar refractivity (Wildman–Crippen MR) is 279 cm³/mol. The van der Waals surface area contributed by atoms with Gasteiger partial charge in [0.15, 0.2) is 6.10 Å². The minimum atomic E-state index is -0.831. The molecule has 0 rings (SSSR count). The zero-order valence-electron chi connectivity index (χ0n) is 41.4. The van der Waals surface area contributed by atoms with Crippen molar-refractivity contribution in [1.82, 2.24) is 0 Å². The molecule has 0 amide bonds. The molecule has 0 aromatic heterocycles. The van der Waals surface area contributed by atoms with E-state index in [2.05, 4.69) is 142 Å². The van der Waals surface area contributed by atoms with Gasteiger partial charge in [-0.15, -0.1) is 0 Å². The van der Waals surface area contributed by atoms with E-state index in [1.165, 1.54) is 25.7 Å². The number of allylic oxidation sites excluding steroid dienone is 21. The van der Waals surface area contributed by atoms with Crippen molar-refractivity contribution in [2.75, 3.05) is 13.2 Å². The Balaban J connectivity index is 4.44. The fourth-order valence-corrected chi connectivity index (χ4v) is 6.42. The second-order valence-electron chi connectivity index (χ2n) is 16.3. The van der Waals surface area contributed by atoms with Gasteiger partial charge in [-0.2, -0.15) is 0 Å². The van der Waals surface area contributed by atoms with Crippen molar-refractivity contribution >= 4 is 17.9 Å². The molecular weight excluding hydrogens is 805 g/mol. The Hall–Kier alpha value is -4.45. The third kappa shape index (κ3) is 50.4. The SMILES string of the molecule is CC/C=C\C/C=C\C/C=C\C/C=C\CCCCCCCCC(=O)OCC(COC(=O)C/C=C\C/C=C\C/C=C\CC)OC(=O)CCCCCCCC/C=C\C/C=C\C/C=C\C/C=C\CC. The highest BCUT2D eigenvalue weighted by atomic mass is 16.6. The van der Waals surface area contributed by atoms with Crippen molar-refractivity contribution in [2.45, 2.75) is 207 Å². The first-order valence-corrected chi connectivity index (χ1v) is 25.7. The van der Waals surface area contributed by atoms with Gasteiger partial charge in [0.1, 0.15) is 13.2 Å². The molecule has 0 bridgehead atoms. The van der Waals surface area contributed by atoms with Crippen molar-refractivity contribution in [3.05, 3.63) is 134 Å². The second kappa shape index (κ2) is 52.2. The maximum atomic E-state index is 12.8. The molecule has 0 aliphatic heterocycles. The number of esters is 3. The molecule has 364 valence electrons. The van der Waals surface area contributed by atoms with E-state index in [1.54, 1.807) is 6.08 Å². The molecule has 0 N–H and O–H groups in total. The van der Waals surface area contributed by atoms with Gasteiger partial charge in [-0.05, 0) is 109 Å². The van der Waals surface area contributed by atoms with Crippen molar-refractivity contribution in [2.24, 2.45) is 0 Å². The number of hydrogen-bond donors (Lipinski definition) is 0. The lowest BCUT2D eigenvalue weighted by molar-refractivity contribution is -0.166. The summed E-state index contributed by atoms with van der Waals surface area (Å²) < 4.78 is 16.6. The van der Waals surface area contributed by atoms with Crippen LogP contribution in [0.15, 0.2) is 134 Å². The fraction of sp³-hybridized carbons (Fsp3) is 0.576. The summed E-state index contributed by atoms with van der Waals surface area (Å²) in [6, 6.07) is 0. The second-order valence-corrected chi connectivity index (χ2v) is 16.3. The Kier molecular flexibility index (Phi) is 48.6. The van der Waals surface area contributed by atoms with Crippen molar-refractivity contribution in [3.63, 3.8) is 0 Å². The van der Waals surface area contributed by atoms with Gasteiger partial charge < -0.3 is 14.2 Å². The van der Waals surface area contributed by atoms with Gasteiger partial charge in [0, 0.05) is 12.8 Å². The average molecular weight is 897 g/mol. The summed E-state index contributed by atoms with van der Waals surface area (Å²) in [5, 5.41) is 0. The lowest BCUT2D eigenvalue weighted by Crippen LogP contribution is -2.30. The number of carbonyl (C=O) groups excluding carboxylic acids is 3. The molecule has 0 aliphatic carbocycles. The fourth-order valence-electron chi connectivity index (χ4n) is 6.42. The molecule has 0 heterocycles. The van der Waals surface area contributed by atoms with E-state index in [9.17, 15) is 14.4 Å². The summed E-state index contributed by atoms with van der Waals surface area (Å²) in [5.41, 5.74) is 0. The molecule has 6 nitrogen and oxygen atoms in total. The van der Waals surface area contributed by atoms with E-state index in [1.807, 2.05) is 6.08 Å². The van der Waals surface area contributed by atoms with Crippen LogP contribution < -0.4 is 0 Å². The zero-order valence-corrected chi connectivity index (χ0v) is 41.4. The summed E-state index contributed by atoms with van der Waals surface area (Å²) in [6.07, 6.45) is 73.3. The van der Waals surface area contributed by atoms with Crippen LogP contribution in [-0.2, 0) is 28.6 Å². The van der Waals surface area contributed by atoms with E-state index in [0.29, 0.717) is 6.42 Å². The lowest BCUT2D eigenvalue weighted by atomic mass is 10.1. The van der Waals surface area contributed by atoms with Gasteiger partial charge in [0.25, 0.3) is 0 Å². The highest BCUT2D eigenvalue weighted by molar-refractivity contribution is 5.72. The average Bonchev–Trinajstić information content (AvgIpc) is 3.30. The zero-order chi connectivity index (χ0) is 47.2. The maximum absolute atomic E-state index is 12.8. The maximum Gasteiger partial charge on any atom is 0.309 e. The first kappa shape index (κ1) is 60.5. The topological polar surface area (TPSA) is 78.9 Å². The van der Waals surface area contributed by atoms with Gasteiger partial charge in [-0.1, -0.05) is 206 Å². The minimum absolute atomic E-state index is 0.123. The van der Waals surface area contributed by atoms with E-state index in [0.717, 1.165) is 135 Å². The Morgan fingerprint density at radius 3 is 1.00 bits per heavy atom. The van der Waals surface area contributed by atoms with E-state index in [-0.39, 0.29) is 38.0 Å². The molecule has 1 unspecified atom stereocenters. The Morgan fingerprint density at radius 1 is 0.323 bits per heavy atom. The molecule has 0 spiro atoms. The molecule has 0 aromatic carbocycles. The van der Waals surface area contributed by atoms with Crippen LogP contribution in [0.4, 0.5) is 0 Å². The highest BCUT2D eigenvalue weighted by Crippen LogP contribution is 2.13. The standard InChI is InChI=1S/C59H92O6/c1-4-7-10-13-16-19-21-23-25-27-29-31-33-35-37-40-43-46-49-52-58(61)64-55-56(54-63-57(60)51-48-45-42-39-18-15-12-9-6-3)65-59(62)53-50-47-44-41-38-36-34-32-30-28-26-24-22-20-17-14-11-8-5-2/h7-12,16-20,23-26,29-32,39,45,48,56H,4-6,13-15,21-22,27-28,33-38,40-44,46-47,49-55H2,1-3H3/b10-7-,11-8-,12-9-,19-16-,20-17-,25-23-,26-24-,31-29-,32-30-,39-18-,48-45-. The molecule has 6 heteroatoms. The molecule has 0 aliphatic rings. The van der Waals surface area contributed by atoms with Gasteiger partial charge >= 0.3 is 17.9 Å². The highest BCUT2D eigenvalue weighted by Gasteiger charge is 2.19. The number of ether oxygens (including phenoxy) is 3. The molecule has 0 saturated carbocycles. The summed E-state index contributed by atoms with van der Waals surface area (Å²) in [7, 11) is 0. The third-order valence-electron chi connectivity index (χ3n) is 10.2. The van der Waals surface area contributed by atoms with Gasteiger partial charge in [-0.25, -0.2) is 0 Å². The van der Waals surface area contributed by atoms with E-state index < -0.39 is 12.1 Å². The monoisotopic (exact) mass is 897 g/mol. The summed E-state index contributed by atoms with van der Waals surface area (Å²) in [5.74, 6) is -1.09. The lowest BCUT2D eigenvalue weighted by Gasteiger charge is -2.18. The van der Waals surface area contributed by atoms with Gasteiger partial charge in [0.05, 0.1) is 6.42 Å². The van der Waals surface area contributed by atoms with Crippen LogP contribution in [0.5, 0.6) is 0 Å². The van der Waals surface area contributed by atoms with Crippen molar-refractivity contribution in [1.29, 1.82) is 0 Å². The van der Waals surface area contributed by atoms with Gasteiger partial charge in [0.2, 0.25) is 0 Å². The molecule has 0 radical (unpaired) electrons. The molecule has 0 saturated heterocycles. The number of unbranched alkanes of at least 4 members (excludes halogenated alkanes) is 12. The molecule has 0 fully saturated rings. The third-order valence-corrected chi connectivity index (χ3v) is 10.2. The van der Waals surface area contributed by atoms with E-state index in [4.69, 9.17) is 14.2 Å². The quantitative estimate of drug-likeness (QED) is 0.0262. The van der Waals surface area contributed by atoms with Crippen LogP contribution in [0, 0.1) is 0 Å². The number of rotatable bonds is 44. The normalized spacial score (nSPS) is 13.2. The Labute approximate surface area is 398 Å². The summed E-state index contributed by atoms with van der Waals surface area (Å²) in [6.45, 7) is 6.15. The first-order chi connectivity index (χ1) is 32.0. The molecule has 1 atom stereocenters. The number of carbonyl (C=O) groups is 3. The smallest absolute Gasteiger partial charge is 0.309 e. The van der Waals surface area contributed by atoms with Crippen LogP contribution >= 0.6 is 0 Å². The molecule has 65 heavy (non-hydrogen) atoms. The Bertz CT molecular complexity index is 1450. The van der Waals surface area contributed by atoms with Crippen LogP contribution in [0.3, 0.4) is 0 Å². The van der Waals surface area contributed by atoms with E-state index >= 15 is 0 Å². The molecular formula is C59H92O6. The minimum Gasteiger partial charge on any atom is -0.462 e. The summed E-state index contributed by atoms with van der Waals surface area (Å²) in [4.78, 5) is 37.9. The first-order valence-electron chi connectivity index (χ1n) is 25.7. The van der Waals surface area contributed by atoms with Gasteiger partial charge in [-0.3, -0.25) is 14.4 Å². The Morgan fingerprint density at radius 2 is 0.615 bits per heavy atom. The number of hydrogen-bond acceptors (Lipinski definition) is 6. The van der Waals surface area contributed by atoms with Crippen LogP contribution in [0.1, 0.15) is 201 Å². The van der Waals surface area contributed by atoms with Crippen LogP contribution in [-0.4, -0.2) is 37.2 Å². The summed E-state index contributed by atoms with van der Waals surface area (Å²) >= 11 is 0. The van der Waals surface area contributed by atoms with Crippen LogP contribution in [0.25, 0.3) is 0 Å². The predicted octanol–water partition coefficient (Wildman–Crippen LogP) is 17.1. The van der Waals surface area contributed by atoms with Crippen LogP contribution in [0.2, 0.25) is 0 Å². The molecule has 0 aromatic rings. The largest absolute Gasteiger partial charge is 0.462 e. The van der Waals surface area contributed by atoms with Crippen molar-refractivity contribution < 1.29 is 28.6 Å². The van der Waals surface area contributed by atoms with Crippen molar-refractivity contribution in [3.8, 4) is 0 Å².